The summed E-state index contributed by atoms with van der Waals surface area (Å²) in [7, 11) is 0. The third-order valence-corrected chi connectivity index (χ3v) is 2.90. The zero-order valence-corrected chi connectivity index (χ0v) is 9.83. The second-order valence-electron chi connectivity index (χ2n) is 3.49. The fourth-order valence-electron chi connectivity index (χ4n) is 1.17. The van der Waals surface area contributed by atoms with E-state index >= 15 is 0 Å². The highest BCUT2D eigenvalue weighted by Gasteiger charge is 2.41. The molecule has 0 aromatic heterocycles. The van der Waals surface area contributed by atoms with E-state index in [0.29, 0.717) is 0 Å². The summed E-state index contributed by atoms with van der Waals surface area (Å²) in [5, 5.41) is 28.3. The Morgan fingerprint density at radius 1 is 1.38 bits per heavy atom. The van der Waals surface area contributed by atoms with E-state index in [1.807, 2.05) is 0 Å². The van der Waals surface area contributed by atoms with Crippen molar-refractivity contribution in [3.63, 3.8) is 0 Å². The van der Waals surface area contributed by atoms with Gasteiger partial charge >= 0.3 is 5.97 Å². The molecule has 88 valence electrons. The van der Waals surface area contributed by atoms with Crippen LogP contribution >= 0.6 is 23.2 Å². The third kappa shape index (κ3) is 2.30. The van der Waals surface area contributed by atoms with E-state index < -0.39 is 17.7 Å². The average molecular weight is 265 g/mol. The van der Waals surface area contributed by atoms with Gasteiger partial charge in [0.05, 0.1) is 0 Å². The first-order valence-electron chi connectivity index (χ1n) is 4.36. The zero-order valence-electron chi connectivity index (χ0n) is 8.32. The van der Waals surface area contributed by atoms with Crippen LogP contribution in [0.25, 0.3) is 0 Å². The van der Waals surface area contributed by atoms with E-state index in [4.69, 9.17) is 28.3 Å². The highest BCUT2D eigenvalue weighted by atomic mass is 35.5. The number of rotatable bonds is 3. The van der Waals surface area contributed by atoms with Crippen LogP contribution in [0.15, 0.2) is 18.2 Å². The van der Waals surface area contributed by atoms with Gasteiger partial charge in [0.15, 0.2) is 5.60 Å². The molecule has 0 bridgehead atoms. The molecule has 0 aliphatic heterocycles. The number of hydrogen-bond acceptors (Lipinski definition) is 3. The molecule has 0 fully saturated rings. The molecule has 1 aromatic carbocycles. The average Bonchev–Trinajstić information content (AvgIpc) is 2.16. The van der Waals surface area contributed by atoms with Crippen molar-refractivity contribution in [3.05, 3.63) is 33.8 Å². The number of halogens is 2. The van der Waals surface area contributed by atoms with Gasteiger partial charge in [-0.2, -0.15) is 0 Å². The molecule has 0 saturated heterocycles. The largest absolute Gasteiger partial charge is 0.479 e. The summed E-state index contributed by atoms with van der Waals surface area (Å²) < 4.78 is 0. The minimum Gasteiger partial charge on any atom is -0.479 e. The van der Waals surface area contributed by atoms with E-state index in [1.165, 1.54) is 12.1 Å². The van der Waals surface area contributed by atoms with E-state index in [2.05, 4.69) is 0 Å². The third-order valence-electron chi connectivity index (χ3n) is 2.24. The van der Waals surface area contributed by atoms with Gasteiger partial charge in [0.2, 0.25) is 0 Å². The summed E-state index contributed by atoms with van der Waals surface area (Å²) in [5.74, 6) is -1.56. The van der Waals surface area contributed by atoms with Gasteiger partial charge in [-0.05, 0) is 19.1 Å². The second-order valence-corrected chi connectivity index (χ2v) is 4.30. The van der Waals surface area contributed by atoms with E-state index in [0.717, 1.165) is 6.92 Å². The number of carboxylic acid groups (broad SMARTS) is 1. The summed E-state index contributed by atoms with van der Waals surface area (Å²) in [4.78, 5) is 10.8. The number of aliphatic carboxylic acids is 1. The van der Waals surface area contributed by atoms with Crippen LogP contribution in [0.4, 0.5) is 0 Å². The molecule has 16 heavy (non-hydrogen) atoms. The molecular weight excluding hydrogens is 255 g/mol. The van der Waals surface area contributed by atoms with Gasteiger partial charge in [0, 0.05) is 15.6 Å². The number of carboxylic acids is 1. The highest BCUT2D eigenvalue weighted by Crippen LogP contribution is 2.35. The summed E-state index contributed by atoms with van der Waals surface area (Å²) in [6, 6.07) is 4.45. The van der Waals surface area contributed by atoms with Crippen molar-refractivity contribution in [1.29, 1.82) is 0 Å². The number of aliphatic hydroxyl groups is 2. The maximum absolute atomic E-state index is 10.8. The molecule has 4 nitrogen and oxygen atoms in total. The molecule has 0 heterocycles. The lowest BCUT2D eigenvalue weighted by Crippen LogP contribution is -2.41. The first-order chi connectivity index (χ1) is 7.28. The van der Waals surface area contributed by atoms with Gasteiger partial charge in [-0.15, -0.1) is 0 Å². The minimum atomic E-state index is -2.35. The summed E-state index contributed by atoms with van der Waals surface area (Å²) in [6.07, 6.45) is -1.70. The van der Waals surface area contributed by atoms with E-state index in [1.54, 1.807) is 6.07 Å². The fourth-order valence-corrected chi connectivity index (χ4v) is 1.77. The number of carbonyl (C=O) groups is 1. The Morgan fingerprint density at radius 2 is 1.81 bits per heavy atom. The van der Waals surface area contributed by atoms with Gasteiger partial charge < -0.3 is 15.3 Å². The van der Waals surface area contributed by atoms with Crippen LogP contribution < -0.4 is 0 Å². The molecule has 0 radical (unpaired) electrons. The Bertz CT molecular complexity index is 397. The Hall–Kier alpha value is -0.810. The molecule has 1 rings (SSSR count). The molecule has 0 spiro atoms. The van der Waals surface area contributed by atoms with E-state index in [-0.39, 0.29) is 15.6 Å². The van der Waals surface area contributed by atoms with Crippen LogP contribution in [0.2, 0.25) is 10.0 Å². The quantitative estimate of drug-likeness (QED) is 0.779. The summed E-state index contributed by atoms with van der Waals surface area (Å²) >= 11 is 11.6. The Morgan fingerprint density at radius 3 is 2.19 bits per heavy atom. The smallest absolute Gasteiger partial charge is 0.338 e. The van der Waals surface area contributed by atoms with E-state index in [9.17, 15) is 15.0 Å². The molecule has 0 aliphatic rings. The van der Waals surface area contributed by atoms with Crippen LogP contribution in [0, 0.1) is 0 Å². The van der Waals surface area contributed by atoms with Gasteiger partial charge in [-0.1, -0.05) is 29.3 Å². The normalized spacial score (nSPS) is 16.6. The van der Waals surface area contributed by atoms with Gasteiger partial charge in [-0.25, -0.2) is 4.79 Å². The van der Waals surface area contributed by atoms with Gasteiger partial charge in [0.1, 0.15) is 6.10 Å². The van der Waals surface area contributed by atoms with Crippen molar-refractivity contribution in [1.82, 2.24) is 0 Å². The molecule has 2 atom stereocenters. The fraction of sp³-hybridized carbons (Fsp3) is 0.300. The maximum Gasteiger partial charge on any atom is 0.338 e. The first kappa shape index (κ1) is 13.3. The Balaban J connectivity index is 3.24. The molecule has 1 unspecified atom stereocenters. The molecule has 0 amide bonds. The summed E-state index contributed by atoms with van der Waals surface area (Å²) in [5.41, 5.74) is -2.35. The standard InChI is InChI=1S/C10H10Cl2O4/c1-10(16,9(14)15)8(13)7-5(11)3-2-4-6(7)12/h2-4,8,13,16H,1H3,(H,14,15)/t8-,10?/m1/s1. The lowest BCUT2D eigenvalue weighted by Gasteiger charge is -2.26. The Kier molecular flexibility index (Phi) is 3.80. The first-order valence-corrected chi connectivity index (χ1v) is 5.11. The van der Waals surface area contributed by atoms with Crippen molar-refractivity contribution >= 4 is 29.2 Å². The predicted molar refractivity (Wildman–Crippen MR) is 59.7 cm³/mol. The number of hydrogen-bond donors (Lipinski definition) is 3. The van der Waals surface area contributed by atoms with Crippen LogP contribution in [0.3, 0.4) is 0 Å². The molecule has 1 aromatic rings. The van der Waals surface area contributed by atoms with Crippen LogP contribution in [-0.4, -0.2) is 26.9 Å². The minimum absolute atomic E-state index is 0.00164. The topological polar surface area (TPSA) is 77.8 Å². The molecule has 3 N–H and O–H groups in total. The Labute approximate surface area is 102 Å². The van der Waals surface area contributed by atoms with Crippen molar-refractivity contribution in [3.8, 4) is 0 Å². The SMILES string of the molecule is CC(O)(C(=O)O)[C@H](O)c1c(Cl)cccc1Cl. The van der Waals surface area contributed by atoms with Crippen LogP contribution in [0.1, 0.15) is 18.6 Å². The van der Waals surface area contributed by atoms with Gasteiger partial charge in [-0.3, -0.25) is 0 Å². The maximum atomic E-state index is 10.8. The number of aliphatic hydroxyl groups excluding tert-OH is 1. The monoisotopic (exact) mass is 264 g/mol. The van der Waals surface area contributed by atoms with Crippen molar-refractivity contribution < 1.29 is 20.1 Å². The highest BCUT2D eigenvalue weighted by molar-refractivity contribution is 6.36. The molecular formula is C10H10Cl2O4. The molecule has 0 aliphatic carbocycles. The van der Waals surface area contributed by atoms with Crippen LogP contribution in [-0.2, 0) is 4.79 Å². The van der Waals surface area contributed by atoms with Crippen molar-refractivity contribution in [2.45, 2.75) is 18.6 Å². The van der Waals surface area contributed by atoms with Gasteiger partial charge in [0.25, 0.3) is 0 Å². The lowest BCUT2D eigenvalue weighted by atomic mass is 9.93. The predicted octanol–water partition coefficient (Wildman–Crippen LogP) is 1.86. The second kappa shape index (κ2) is 4.59. The van der Waals surface area contributed by atoms with Crippen molar-refractivity contribution in [2.75, 3.05) is 0 Å². The zero-order chi connectivity index (χ0) is 12.5. The lowest BCUT2D eigenvalue weighted by molar-refractivity contribution is -0.169. The molecule has 6 heteroatoms. The van der Waals surface area contributed by atoms with Crippen molar-refractivity contribution in [2.24, 2.45) is 0 Å². The number of benzene rings is 1. The summed E-state index contributed by atoms with van der Waals surface area (Å²) in [6.45, 7) is 0.972. The molecule has 0 saturated carbocycles. The van der Waals surface area contributed by atoms with Crippen LogP contribution in [0.5, 0.6) is 0 Å².